The first-order chi connectivity index (χ1) is 8.58. The standard InChI is InChI=1S/C13H16BrNO3/c1-3-6-15-13(17)9(2)18-12-5-4-11(14)7-10(12)8-16/h3-5,7,9,16H,1,6,8H2,2H3,(H,15,17). The number of hydrogen-bond acceptors (Lipinski definition) is 3. The predicted molar refractivity (Wildman–Crippen MR) is 73.4 cm³/mol. The molecule has 1 rings (SSSR count). The quantitative estimate of drug-likeness (QED) is 0.790. The molecule has 1 atom stereocenters. The zero-order valence-corrected chi connectivity index (χ0v) is 11.7. The lowest BCUT2D eigenvalue weighted by molar-refractivity contribution is -0.127. The van der Waals surface area contributed by atoms with Gasteiger partial charge in [0.2, 0.25) is 0 Å². The summed E-state index contributed by atoms with van der Waals surface area (Å²) in [5.74, 6) is 0.281. The van der Waals surface area contributed by atoms with Crippen LogP contribution in [0.4, 0.5) is 0 Å². The van der Waals surface area contributed by atoms with Crippen molar-refractivity contribution in [1.29, 1.82) is 0 Å². The Morgan fingerprint density at radius 1 is 1.67 bits per heavy atom. The molecule has 0 aliphatic rings. The van der Waals surface area contributed by atoms with Crippen LogP contribution in [0.3, 0.4) is 0 Å². The van der Waals surface area contributed by atoms with Gasteiger partial charge < -0.3 is 15.2 Å². The molecule has 0 radical (unpaired) electrons. The molecule has 0 aliphatic heterocycles. The maximum absolute atomic E-state index is 11.6. The van der Waals surface area contributed by atoms with Crippen LogP contribution in [0, 0.1) is 0 Å². The van der Waals surface area contributed by atoms with Crippen molar-refractivity contribution < 1.29 is 14.6 Å². The van der Waals surface area contributed by atoms with Crippen molar-refractivity contribution in [3.63, 3.8) is 0 Å². The summed E-state index contributed by atoms with van der Waals surface area (Å²) in [6.07, 6.45) is 0.972. The number of halogens is 1. The van der Waals surface area contributed by atoms with Crippen LogP contribution in [-0.4, -0.2) is 23.7 Å². The van der Waals surface area contributed by atoms with Crippen LogP contribution in [0.5, 0.6) is 5.75 Å². The number of benzene rings is 1. The van der Waals surface area contributed by atoms with Crippen molar-refractivity contribution in [2.75, 3.05) is 6.54 Å². The van der Waals surface area contributed by atoms with Gasteiger partial charge in [-0.25, -0.2) is 0 Å². The Morgan fingerprint density at radius 3 is 3.00 bits per heavy atom. The summed E-state index contributed by atoms with van der Waals surface area (Å²) < 4.78 is 6.37. The maximum Gasteiger partial charge on any atom is 0.261 e. The summed E-state index contributed by atoms with van der Waals surface area (Å²) in [6, 6.07) is 5.26. The first kappa shape index (κ1) is 14.7. The lowest BCUT2D eigenvalue weighted by atomic mass is 10.2. The van der Waals surface area contributed by atoms with E-state index >= 15 is 0 Å². The number of rotatable bonds is 6. The van der Waals surface area contributed by atoms with Gasteiger partial charge in [-0.15, -0.1) is 6.58 Å². The zero-order valence-electron chi connectivity index (χ0n) is 10.1. The highest BCUT2D eigenvalue weighted by Crippen LogP contribution is 2.24. The third-order valence-corrected chi connectivity index (χ3v) is 2.78. The summed E-state index contributed by atoms with van der Waals surface area (Å²) in [7, 11) is 0. The van der Waals surface area contributed by atoms with Crippen LogP contribution in [0.1, 0.15) is 12.5 Å². The Morgan fingerprint density at radius 2 is 2.39 bits per heavy atom. The van der Waals surface area contributed by atoms with Gasteiger partial charge in [0.25, 0.3) is 5.91 Å². The summed E-state index contributed by atoms with van der Waals surface area (Å²) in [5.41, 5.74) is 0.632. The smallest absolute Gasteiger partial charge is 0.261 e. The van der Waals surface area contributed by atoms with Gasteiger partial charge in [-0.3, -0.25) is 4.79 Å². The number of ether oxygens (including phenoxy) is 1. The highest BCUT2D eigenvalue weighted by molar-refractivity contribution is 9.10. The molecule has 1 aromatic carbocycles. The van der Waals surface area contributed by atoms with Crippen LogP contribution in [0.2, 0.25) is 0 Å². The minimum Gasteiger partial charge on any atom is -0.481 e. The first-order valence-electron chi connectivity index (χ1n) is 5.53. The predicted octanol–water partition coefficient (Wildman–Crippen LogP) is 2.01. The Labute approximate surface area is 115 Å². The van der Waals surface area contributed by atoms with E-state index in [1.165, 1.54) is 0 Å². The highest BCUT2D eigenvalue weighted by atomic mass is 79.9. The number of hydrogen-bond donors (Lipinski definition) is 2. The SMILES string of the molecule is C=CCNC(=O)C(C)Oc1ccc(Br)cc1CO. The van der Waals surface area contributed by atoms with Crippen LogP contribution in [0.25, 0.3) is 0 Å². The molecule has 5 heteroatoms. The highest BCUT2D eigenvalue weighted by Gasteiger charge is 2.15. The molecule has 0 bridgehead atoms. The van der Waals surface area contributed by atoms with Gasteiger partial charge in [-0.1, -0.05) is 22.0 Å². The van der Waals surface area contributed by atoms with E-state index in [0.29, 0.717) is 17.9 Å². The molecule has 1 aromatic rings. The summed E-state index contributed by atoms with van der Waals surface area (Å²) in [5, 5.41) is 11.9. The van der Waals surface area contributed by atoms with Crippen molar-refractivity contribution in [2.45, 2.75) is 19.6 Å². The van der Waals surface area contributed by atoms with E-state index in [0.717, 1.165) is 4.47 Å². The van der Waals surface area contributed by atoms with E-state index in [4.69, 9.17) is 4.74 Å². The molecular formula is C13H16BrNO3. The van der Waals surface area contributed by atoms with E-state index in [9.17, 15) is 9.90 Å². The largest absolute Gasteiger partial charge is 0.481 e. The molecule has 1 unspecified atom stereocenters. The van der Waals surface area contributed by atoms with Crippen molar-refractivity contribution >= 4 is 21.8 Å². The average Bonchev–Trinajstić information content (AvgIpc) is 2.37. The van der Waals surface area contributed by atoms with Gasteiger partial charge in [0.1, 0.15) is 5.75 Å². The van der Waals surface area contributed by atoms with Crippen molar-refractivity contribution in [1.82, 2.24) is 5.32 Å². The number of amides is 1. The molecule has 98 valence electrons. The Kier molecular flexibility index (Phi) is 5.88. The van der Waals surface area contributed by atoms with Gasteiger partial charge in [0, 0.05) is 16.6 Å². The molecule has 2 N–H and O–H groups in total. The molecule has 1 amide bonds. The molecule has 0 aromatic heterocycles. The number of nitrogens with one attached hydrogen (secondary N) is 1. The molecule has 18 heavy (non-hydrogen) atoms. The monoisotopic (exact) mass is 313 g/mol. The molecule has 4 nitrogen and oxygen atoms in total. The van der Waals surface area contributed by atoms with Gasteiger partial charge in [-0.2, -0.15) is 0 Å². The molecule has 0 heterocycles. The average molecular weight is 314 g/mol. The Bertz CT molecular complexity index is 434. The first-order valence-corrected chi connectivity index (χ1v) is 6.32. The fraction of sp³-hybridized carbons (Fsp3) is 0.308. The van der Waals surface area contributed by atoms with Gasteiger partial charge in [0.05, 0.1) is 6.61 Å². The fourth-order valence-corrected chi connectivity index (χ4v) is 1.76. The summed E-state index contributed by atoms with van der Waals surface area (Å²) >= 11 is 3.31. The second-order valence-electron chi connectivity index (χ2n) is 3.70. The van der Waals surface area contributed by atoms with Crippen LogP contribution < -0.4 is 10.1 Å². The summed E-state index contributed by atoms with van der Waals surface area (Å²) in [4.78, 5) is 11.6. The third kappa shape index (κ3) is 4.16. The number of aliphatic hydroxyl groups excluding tert-OH is 1. The molecule has 0 saturated heterocycles. The second kappa shape index (κ2) is 7.18. The minimum absolute atomic E-state index is 0.143. The van der Waals surface area contributed by atoms with E-state index in [-0.39, 0.29) is 12.5 Å². The summed E-state index contributed by atoms with van der Waals surface area (Å²) in [6.45, 7) is 5.43. The lowest BCUT2D eigenvalue weighted by Crippen LogP contribution is -2.36. The van der Waals surface area contributed by atoms with Gasteiger partial charge in [-0.05, 0) is 25.1 Å². The molecule has 0 spiro atoms. The molecular weight excluding hydrogens is 298 g/mol. The molecule has 0 saturated carbocycles. The normalized spacial score (nSPS) is 11.7. The fourth-order valence-electron chi connectivity index (χ4n) is 1.35. The number of carbonyl (C=O) groups is 1. The Hall–Kier alpha value is -1.33. The van der Waals surface area contributed by atoms with Crippen molar-refractivity contribution in [3.8, 4) is 5.75 Å². The maximum atomic E-state index is 11.6. The van der Waals surface area contributed by atoms with Gasteiger partial charge in [0.15, 0.2) is 6.10 Å². The van der Waals surface area contributed by atoms with Crippen LogP contribution in [0.15, 0.2) is 35.3 Å². The van der Waals surface area contributed by atoms with Gasteiger partial charge >= 0.3 is 0 Å². The zero-order chi connectivity index (χ0) is 13.5. The third-order valence-electron chi connectivity index (χ3n) is 2.29. The number of carbonyl (C=O) groups excluding carboxylic acids is 1. The van der Waals surface area contributed by atoms with Crippen molar-refractivity contribution in [3.05, 3.63) is 40.9 Å². The van der Waals surface area contributed by atoms with E-state index < -0.39 is 6.10 Å². The lowest BCUT2D eigenvalue weighted by Gasteiger charge is -2.16. The molecule has 0 aliphatic carbocycles. The van der Waals surface area contributed by atoms with E-state index in [2.05, 4.69) is 27.8 Å². The van der Waals surface area contributed by atoms with Crippen LogP contribution >= 0.6 is 15.9 Å². The topological polar surface area (TPSA) is 58.6 Å². The van der Waals surface area contributed by atoms with E-state index in [1.54, 1.807) is 31.2 Å². The minimum atomic E-state index is -0.628. The van der Waals surface area contributed by atoms with Crippen LogP contribution in [-0.2, 0) is 11.4 Å². The second-order valence-corrected chi connectivity index (χ2v) is 4.62. The number of aliphatic hydroxyl groups is 1. The van der Waals surface area contributed by atoms with Crippen molar-refractivity contribution in [2.24, 2.45) is 0 Å². The Balaban J connectivity index is 2.71. The van der Waals surface area contributed by atoms with E-state index in [1.807, 2.05) is 0 Å². The molecule has 0 fully saturated rings.